The first-order valence-electron chi connectivity index (χ1n) is 8.82. The van der Waals surface area contributed by atoms with Gasteiger partial charge in [0, 0.05) is 44.3 Å². The molecular weight excluding hydrogens is 362 g/mol. The van der Waals surface area contributed by atoms with Gasteiger partial charge >= 0.3 is 5.97 Å². The lowest BCUT2D eigenvalue weighted by molar-refractivity contribution is -0.117. The van der Waals surface area contributed by atoms with Crippen molar-refractivity contribution in [2.75, 3.05) is 45.2 Å². The average molecular weight is 383 g/mol. The molecule has 9 nitrogen and oxygen atoms in total. The maximum Gasteiger partial charge on any atom is 0.337 e. The van der Waals surface area contributed by atoms with E-state index in [4.69, 9.17) is 0 Å². The number of aromatic nitrogens is 2. The van der Waals surface area contributed by atoms with Crippen LogP contribution in [0.5, 0.6) is 0 Å². The number of benzene rings is 1. The normalized spacial score (nSPS) is 14.4. The number of nitrogens with zero attached hydrogens (tertiary/aromatic N) is 4. The zero-order chi connectivity index (χ0) is 19.9. The van der Waals surface area contributed by atoms with Gasteiger partial charge in [0.05, 0.1) is 25.4 Å². The highest BCUT2D eigenvalue weighted by molar-refractivity contribution is 5.94. The summed E-state index contributed by atoms with van der Waals surface area (Å²) in [5.74, 6) is -0.728. The molecule has 0 unspecified atom stereocenters. The summed E-state index contributed by atoms with van der Waals surface area (Å²) in [5, 5.41) is 2.80. The quantitative estimate of drug-likeness (QED) is 0.756. The van der Waals surface area contributed by atoms with Crippen molar-refractivity contribution in [3.63, 3.8) is 0 Å². The summed E-state index contributed by atoms with van der Waals surface area (Å²) < 4.78 is 4.64. The van der Waals surface area contributed by atoms with E-state index < -0.39 is 5.97 Å². The average Bonchev–Trinajstić information content (AvgIpc) is 2.74. The molecule has 9 heteroatoms. The van der Waals surface area contributed by atoms with E-state index in [0.717, 1.165) is 0 Å². The van der Waals surface area contributed by atoms with Crippen LogP contribution in [0.2, 0.25) is 0 Å². The Hall–Kier alpha value is -3.33. The Kier molecular flexibility index (Phi) is 6.28. The molecule has 0 bridgehead atoms. The smallest absolute Gasteiger partial charge is 0.337 e. The molecule has 3 rings (SSSR count). The lowest BCUT2D eigenvalue weighted by Crippen LogP contribution is -2.50. The summed E-state index contributed by atoms with van der Waals surface area (Å²) in [6.45, 7) is 2.47. The monoisotopic (exact) mass is 383 g/mol. The van der Waals surface area contributed by atoms with Crippen LogP contribution in [0, 0.1) is 0 Å². The van der Waals surface area contributed by atoms with Gasteiger partial charge in [0.15, 0.2) is 0 Å². The molecule has 1 aromatic carbocycles. The standard InChI is InChI=1S/C19H21N5O4/c1-28-19(27)14-2-4-15(5-3-14)22-17(25)13-23-8-10-24(11-9-23)18(26)16-12-20-6-7-21-16/h2-7,12H,8-11,13H2,1H3,(H,22,25). The van der Waals surface area contributed by atoms with Crippen molar-refractivity contribution in [1.82, 2.24) is 19.8 Å². The first-order valence-corrected chi connectivity index (χ1v) is 8.82. The van der Waals surface area contributed by atoms with Crippen LogP contribution >= 0.6 is 0 Å². The highest BCUT2D eigenvalue weighted by atomic mass is 16.5. The number of hydrogen-bond donors (Lipinski definition) is 1. The van der Waals surface area contributed by atoms with E-state index in [2.05, 4.69) is 20.0 Å². The van der Waals surface area contributed by atoms with Crippen LogP contribution in [0.3, 0.4) is 0 Å². The van der Waals surface area contributed by atoms with E-state index in [9.17, 15) is 14.4 Å². The summed E-state index contributed by atoms with van der Waals surface area (Å²) in [4.78, 5) is 47.7. The number of nitrogens with one attached hydrogen (secondary N) is 1. The van der Waals surface area contributed by atoms with Crippen molar-refractivity contribution in [1.29, 1.82) is 0 Å². The van der Waals surface area contributed by atoms with Crippen molar-refractivity contribution >= 4 is 23.5 Å². The maximum atomic E-state index is 12.4. The van der Waals surface area contributed by atoms with Gasteiger partial charge in [-0.2, -0.15) is 0 Å². The zero-order valence-electron chi connectivity index (χ0n) is 15.5. The summed E-state index contributed by atoms with van der Waals surface area (Å²) in [6.07, 6.45) is 4.47. The molecule has 1 fully saturated rings. The molecule has 0 saturated carbocycles. The van der Waals surface area contributed by atoms with E-state index in [-0.39, 0.29) is 18.4 Å². The summed E-state index contributed by atoms with van der Waals surface area (Å²) >= 11 is 0. The summed E-state index contributed by atoms with van der Waals surface area (Å²) in [5.41, 5.74) is 1.35. The van der Waals surface area contributed by atoms with Gasteiger partial charge in [-0.05, 0) is 24.3 Å². The molecule has 2 heterocycles. The van der Waals surface area contributed by atoms with Crippen LogP contribution in [0.15, 0.2) is 42.9 Å². The third-order valence-corrected chi connectivity index (χ3v) is 4.40. The molecule has 146 valence electrons. The molecule has 0 radical (unpaired) electrons. The number of amides is 2. The van der Waals surface area contributed by atoms with Gasteiger partial charge in [-0.3, -0.25) is 19.5 Å². The Labute approximate surface area is 162 Å². The lowest BCUT2D eigenvalue weighted by Gasteiger charge is -2.34. The minimum atomic E-state index is -0.424. The van der Waals surface area contributed by atoms with Gasteiger partial charge in [-0.15, -0.1) is 0 Å². The van der Waals surface area contributed by atoms with Gasteiger partial charge in [0.2, 0.25) is 5.91 Å². The maximum absolute atomic E-state index is 12.4. The molecule has 28 heavy (non-hydrogen) atoms. The minimum Gasteiger partial charge on any atom is -0.465 e. The van der Waals surface area contributed by atoms with Crippen LogP contribution in [0.1, 0.15) is 20.8 Å². The molecule has 2 aromatic rings. The Morgan fingerprint density at radius 3 is 2.39 bits per heavy atom. The first kappa shape index (κ1) is 19.4. The van der Waals surface area contributed by atoms with Crippen LogP contribution in [-0.2, 0) is 9.53 Å². The van der Waals surface area contributed by atoms with Crippen LogP contribution in [0.25, 0.3) is 0 Å². The number of ether oxygens (including phenoxy) is 1. The van der Waals surface area contributed by atoms with Gasteiger partial charge in [0.1, 0.15) is 5.69 Å². The fraction of sp³-hybridized carbons (Fsp3) is 0.316. The van der Waals surface area contributed by atoms with Crippen molar-refractivity contribution in [2.45, 2.75) is 0 Å². The SMILES string of the molecule is COC(=O)c1ccc(NC(=O)CN2CCN(C(=O)c3cnccn3)CC2)cc1. The number of anilines is 1. The first-order chi connectivity index (χ1) is 13.6. The van der Waals surface area contributed by atoms with E-state index in [0.29, 0.717) is 43.1 Å². The third kappa shape index (κ3) is 4.89. The molecule has 0 spiro atoms. The van der Waals surface area contributed by atoms with E-state index in [1.165, 1.54) is 25.7 Å². The van der Waals surface area contributed by atoms with E-state index >= 15 is 0 Å². The molecule has 0 atom stereocenters. The number of carbonyl (C=O) groups is 3. The summed E-state index contributed by atoms with van der Waals surface area (Å²) in [7, 11) is 1.32. The molecule has 1 aliphatic rings. The Morgan fingerprint density at radius 1 is 1.07 bits per heavy atom. The molecular formula is C19H21N5O4. The van der Waals surface area contributed by atoms with Gasteiger partial charge < -0.3 is 15.0 Å². The lowest BCUT2D eigenvalue weighted by atomic mass is 10.2. The van der Waals surface area contributed by atoms with Gasteiger partial charge in [0.25, 0.3) is 5.91 Å². The van der Waals surface area contributed by atoms with Crippen molar-refractivity contribution in [2.24, 2.45) is 0 Å². The topological polar surface area (TPSA) is 105 Å². The molecule has 1 saturated heterocycles. The number of rotatable bonds is 5. The fourth-order valence-electron chi connectivity index (χ4n) is 2.89. The van der Waals surface area contributed by atoms with Crippen LogP contribution in [0.4, 0.5) is 5.69 Å². The van der Waals surface area contributed by atoms with Crippen LogP contribution < -0.4 is 5.32 Å². The summed E-state index contributed by atoms with van der Waals surface area (Å²) in [6, 6.07) is 6.50. The highest BCUT2D eigenvalue weighted by Gasteiger charge is 2.24. The van der Waals surface area contributed by atoms with E-state index in [1.54, 1.807) is 29.2 Å². The molecule has 2 amide bonds. The predicted molar refractivity (Wildman–Crippen MR) is 101 cm³/mol. The number of piperazine rings is 1. The largest absolute Gasteiger partial charge is 0.465 e. The molecule has 1 aliphatic heterocycles. The van der Waals surface area contributed by atoms with Crippen LogP contribution in [-0.4, -0.2) is 77.4 Å². The fourth-order valence-corrected chi connectivity index (χ4v) is 2.89. The third-order valence-electron chi connectivity index (χ3n) is 4.40. The van der Waals surface area contributed by atoms with E-state index in [1.807, 2.05) is 4.90 Å². The number of methoxy groups -OCH3 is 1. The van der Waals surface area contributed by atoms with Gasteiger partial charge in [-0.25, -0.2) is 9.78 Å². The second kappa shape index (κ2) is 9.05. The predicted octanol–water partition coefficient (Wildman–Crippen LogP) is 0.660. The second-order valence-electron chi connectivity index (χ2n) is 6.28. The molecule has 1 aromatic heterocycles. The zero-order valence-corrected chi connectivity index (χ0v) is 15.5. The second-order valence-corrected chi connectivity index (χ2v) is 6.28. The Balaban J connectivity index is 1.46. The van der Waals surface area contributed by atoms with Crippen molar-refractivity contribution in [3.05, 3.63) is 54.1 Å². The number of esters is 1. The minimum absolute atomic E-state index is 0.150. The van der Waals surface area contributed by atoms with Gasteiger partial charge in [-0.1, -0.05) is 0 Å². The number of hydrogen-bond acceptors (Lipinski definition) is 7. The highest BCUT2D eigenvalue weighted by Crippen LogP contribution is 2.11. The molecule has 0 aliphatic carbocycles. The molecule has 1 N–H and O–H groups in total. The number of carbonyl (C=O) groups excluding carboxylic acids is 3. The van der Waals surface area contributed by atoms with Crippen molar-refractivity contribution < 1.29 is 19.1 Å². The Morgan fingerprint density at radius 2 is 1.79 bits per heavy atom. The van der Waals surface area contributed by atoms with Crippen molar-refractivity contribution in [3.8, 4) is 0 Å². The Bertz CT molecular complexity index is 833.